The summed E-state index contributed by atoms with van der Waals surface area (Å²) in [5.74, 6) is 1.28. The predicted molar refractivity (Wildman–Crippen MR) is 78.1 cm³/mol. The molecule has 0 aliphatic heterocycles. The second kappa shape index (κ2) is 7.34. The molecule has 1 unspecified atom stereocenters. The molecule has 4 heteroatoms. The first-order valence-electron chi connectivity index (χ1n) is 6.15. The summed E-state index contributed by atoms with van der Waals surface area (Å²) in [5, 5.41) is 0. The first kappa shape index (κ1) is 14.9. The fourth-order valence-corrected chi connectivity index (χ4v) is 1.45. The molecule has 100 valence electrons. The van der Waals surface area contributed by atoms with Gasteiger partial charge in [-0.15, -0.1) is 0 Å². The van der Waals surface area contributed by atoms with Gasteiger partial charge in [0.25, 0.3) is 0 Å². The first-order chi connectivity index (χ1) is 8.50. The molecule has 0 fully saturated rings. The highest BCUT2D eigenvalue weighted by atomic mass is 32.1. The van der Waals surface area contributed by atoms with Gasteiger partial charge < -0.3 is 15.2 Å². The van der Waals surface area contributed by atoms with Gasteiger partial charge in [0.05, 0.1) is 12.7 Å². The number of rotatable bonds is 7. The Hall–Kier alpha value is -1.13. The summed E-state index contributed by atoms with van der Waals surface area (Å²) in [6, 6.07) is 7.47. The van der Waals surface area contributed by atoms with Crippen molar-refractivity contribution >= 4 is 17.2 Å². The van der Waals surface area contributed by atoms with Crippen molar-refractivity contribution in [2.75, 3.05) is 13.2 Å². The molecule has 3 nitrogen and oxygen atoms in total. The van der Waals surface area contributed by atoms with E-state index in [1.54, 1.807) is 0 Å². The van der Waals surface area contributed by atoms with Gasteiger partial charge in [-0.1, -0.05) is 38.2 Å². The average Bonchev–Trinajstić information content (AvgIpc) is 2.34. The lowest BCUT2D eigenvalue weighted by Gasteiger charge is -2.16. The molecule has 2 N–H and O–H groups in total. The molecule has 0 aliphatic rings. The summed E-state index contributed by atoms with van der Waals surface area (Å²) >= 11 is 4.92. The zero-order valence-corrected chi connectivity index (χ0v) is 12.0. The Morgan fingerprint density at radius 2 is 2.00 bits per heavy atom. The summed E-state index contributed by atoms with van der Waals surface area (Å²) in [6.07, 6.45) is 0.247. The van der Waals surface area contributed by atoms with Crippen LogP contribution in [0.1, 0.15) is 26.3 Å². The van der Waals surface area contributed by atoms with E-state index in [-0.39, 0.29) is 6.10 Å². The highest BCUT2D eigenvalue weighted by molar-refractivity contribution is 7.80. The zero-order valence-electron chi connectivity index (χ0n) is 11.2. The molecule has 0 aromatic heterocycles. The summed E-state index contributed by atoms with van der Waals surface area (Å²) in [7, 11) is 0. The summed E-state index contributed by atoms with van der Waals surface area (Å²) < 4.78 is 11.2. The van der Waals surface area contributed by atoms with Crippen molar-refractivity contribution in [2.24, 2.45) is 11.7 Å². The molecule has 0 radical (unpaired) electrons. The van der Waals surface area contributed by atoms with Crippen molar-refractivity contribution in [3.8, 4) is 5.75 Å². The van der Waals surface area contributed by atoms with Gasteiger partial charge in [-0.2, -0.15) is 0 Å². The number of nitrogens with two attached hydrogens (primary N) is 1. The van der Waals surface area contributed by atoms with Crippen molar-refractivity contribution in [2.45, 2.75) is 26.9 Å². The van der Waals surface area contributed by atoms with Gasteiger partial charge in [0.15, 0.2) is 0 Å². The zero-order chi connectivity index (χ0) is 13.5. The Kier molecular flexibility index (Phi) is 6.09. The molecule has 0 bridgehead atoms. The van der Waals surface area contributed by atoms with Crippen molar-refractivity contribution in [1.29, 1.82) is 0 Å². The van der Waals surface area contributed by atoms with E-state index in [1.165, 1.54) is 0 Å². The van der Waals surface area contributed by atoms with Crippen LogP contribution >= 0.6 is 12.2 Å². The van der Waals surface area contributed by atoms with Gasteiger partial charge in [-0.3, -0.25) is 0 Å². The third-order valence-corrected chi connectivity index (χ3v) is 3.03. The monoisotopic (exact) mass is 267 g/mol. The molecular weight excluding hydrogens is 246 g/mol. The lowest BCUT2D eigenvalue weighted by Crippen LogP contribution is -2.19. The van der Waals surface area contributed by atoms with Crippen LogP contribution in [-0.2, 0) is 4.74 Å². The number of hydrogen-bond donors (Lipinski definition) is 1. The number of thiocarbonyl (C=S) groups is 1. The lowest BCUT2D eigenvalue weighted by molar-refractivity contribution is 0.0188. The van der Waals surface area contributed by atoms with Crippen LogP contribution in [-0.4, -0.2) is 24.3 Å². The Bertz CT molecular complexity index is 393. The summed E-state index contributed by atoms with van der Waals surface area (Å²) in [4.78, 5) is 0.380. The van der Waals surface area contributed by atoms with E-state index >= 15 is 0 Å². The molecule has 0 amide bonds. The number of ether oxygens (including phenoxy) is 2. The first-order valence-corrected chi connectivity index (χ1v) is 6.55. The van der Waals surface area contributed by atoms with E-state index in [1.807, 2.05) is 24.3 Å². The van der Waals surface area contributed by atoms with Gasteiger partial charge >= 0.3 is 0 Å². The van der Waals surface area contributed by atoms with Crippen molar-refractivity contribution in [3.05, 3.63) is 29.8 Å². The van der Waals surface area contributed by atoms with Crippen molar-refractivity contribution in [3.63, 3.8) is 0 Å². The van der Waals surface area contributed by atoms with E-state index in [9.17, 15) is 0 Å². The van der Waals surface area contributed by atoms with Crippen molar-refractivity contribution < 1.29 is 9.47 Å². The van der Waals surface area contributed by atoms with Crippen LogP contribution in [0.3, 0.4) is 0 Å². The number of hydrogen-bond acceptors (Lipinski definition) is 3. The second-order valence-corrected chi connectivity index (χ2v) is 5.00. The minimum Gasteiger partial charge on any atom is -0.491 e. The molecule has 0 spiro atoms. The normalized spacial score (nSPS) is 12.4. The Morgan fingerprint density at radius 3 is 2.61 bits per heavy atom. The van der Waals surface area contributed by atoms with E-state index in [2.05, 4.69) is 20.8 Å². The van der Waals surface area contributed by atoms with Crippen LogP contribution in [0.4, 0.5) is 0 Å². The Morgan fingerprint density at radius 1 is 1.28 bits per heavy atom. The van der Waals surface area contributed by atoms with Crippen molar-refractivity contribution in [1.82, 2.24) is 0 Å². The average molecular weight is 267 g/mol. The third kappa shape index (κ3) is 5.02. The molecule has 1 atom stereocenters. The van der Waals surface area contributed by atoms with Crippen LogP contribution < -0.4 is 10.5 Å². The predicted octanol–water partition coefficient (Wildman–Crippen LogP) is 2.76. The molecule has 0 saturated heterocycles. The largest absolute Gasteiger partial charge is 0.491 e. The molecule has 1 aromatic rings. The van der Waals surface area contributed by atoms with Crippen LogP contribution in [0.25, 0.3) is 0 Å². The standard InChI is InChI=1S/C14H21NO2S/c1-10(2)11(3)16-7-8-17-13-6-4-5-12(9-13)14(15)18/h4-6,9-11H,7-8H2,1-3H3,(H2,15,18). The second-order valence-electron chi connectivity index (χ2n) is 4.56. The topological polar surface area (TPSA) is 44.5 Å². The maximum Gasteiger partial charge on any atom is 0.120 e. The van der Waals surface area contributed by atoms with Gasteiger partial charge in [-0.25, -0.2) is 0 Å². The Balaban J connectivity index is 2.35. The molecule has 0 heterocycles. The number of benzene rings is 1. The van der Waals surface area contributed by atoms with Gasteiger partial charge in [-0.05, 0) is 25.0 Å². The van der Waals surface area contributed by atoms with Gasteiger partial charge in [0.1, 0.15) is 17.3 Å². The van der Waals surface area contributed by atoms with Gasteiger partial charge in [0.2, 0.25) is 0 Å². The van der Waals surface area contributed by atoms with Crippen LogP contribution in [0, 0.1) is 5.92 Å². The molecule has 0 aliphatic carbocycles. The Labute approximate surface area is 114 Å². The minimum atomic E-state index is 0.247. The molecule has 0 saturated carbocycles. The summed E-state index contributed by atoms with van der Waals surface area (Å²) in [6.45, 7) is 7.45. The van der Waals surface area contributed by atoms with Crippen LogP contribution in [0.2, 0.25) is 0 Å². The highest BCUT2D eigenvalue weighted by Gasteiger charge is 2.06. The fraction of sp³-hybridized carbons (Fsp3) is 0.500. The van der Waals surface area contributed by atoms with E-state index < -0.39 is 0 Å². The molecule has 1 rings (SSSR count). The molecule has 1 aromatic carbocycles. The quantitative estimate of drug-likeness (QED) is 0.609. The summed E-state index contributed by atoms with van der Waals surface area (Å²) in [5.41, 5.74) is 6.38. The van der Waals surface area contributed by atoms with E-state index in [0.29, 0.717) is 24.1 Å². The van der Waals surface area contributed by atoms with Crippen LogP contribution in [0.5, 0.6) is 5.75 Å². The highest BCUT2D eigenvalue weighted by Crippen LogP contribution is 2.13. The van der Waals surface area contributed by atoms with Gasteiger partial charge in [0, 0.05) is 5.56 Å². The fourth-order valence-electron chi connectivity index (χ4n) is 1.33. The lowest BCUT2D eigenvalue weighted by atomic mass is 10.1. The maximum absolute atomic E-state index is 5.63. The smallest absolute Gasteiger partial charge is 0.120 e. The molecule has 18 heavy (non-hydrogen) atoms. The third-order valence-electron chi connectivity index (χ3n) is 2.79. The van der Waals surface area contributed by atoms with E-state index in [0.717, 1.165) is 11.3 Å². The van der Waals surface area contributed by atoms with E-state index in [4.69, 9.17) is 27.4 Å². The maximum atomic E-state index is 5.63. The minimum absolute atomic E-state index is 0.247. The molecular formula is C14H21NO2S. The SMILES string of the molecule is CC(C)C(C)OCCOc1cccc(C(N)=S)c1. The van der Waals surface area contributed by atoms with Crippen LogP contribution in [0.15, 0.2) is 24.3 Å².